The fraction of sp³-hybridized carbons (Fsp3) is 0.0741. The van der Waals surface area contributed by atoms with E-state index in [4.69, 9.17) is 11.6 Å². The number of carboxylic acid groups (broad SMARTS) is 1. The number of aromatic carboxylic acids is 1. The Labute approximate surface area is 236 Å². The minimum absolute atomic E-state index is 0.00616. The van der Waals surface area contributed by atoms with Crippen molar-refractivity contribution in [3.05, 3.63) is 95.4 Å². The molecule has 14 heteroatoms. The molecule has 0 aliphatic heterocycles. The van der Waals surface area contributed by atoms with Gasteiger partial charge in [0.25, 0.3) is 0 Å². The van der Waals surface area contributed by atoms with E-state index in [1.165, 1.54) is 23.1 Å². The summed E-state index contributed by atoms with van der Waals surface area (Å²) in [7, 11) is 0. The van der Waals surface area contributed by atoms with E-state index in [9.17, 15) is 24.3 Å². The van der Waals surface area contributed by atoms with Gasteiger partial charge in [-0.2, -0.15) is 4.68 Å². The average Bonchev–Trinajstić information content (AvgIpc) is 3.64. The number of tetrazole rings is 1. The summed E-state index contributed by atoms with van der Waals surface area (Å²) in [6.45, 7) is 0. The van der Waals surface area contributed by atoms with Gasteiger partial charge in [-0.05, 0) is 58.5 Å². The molecule has 13 nitrogen and oxygen atoms in total. The number of hydrogen-bond acceptors (Lipinski definition) is 7. The van der Waals surface area contributed by atoms with E-state index in [-0.39, 0.29) is 17.8 Å². The number of nitrogens with zero attached hydrogens (tertiary/aromatic N) is 4. The number of hydrogen-bond donors (Lipinski definition) is 5. The minimum atomic E-state index is -1.13. The highest BCUT2D eigenvalue weighted by atomic mass is 35.5. The highest BCUT2D eigenvalue weighted by Crippen LogP contribution is 2.24. The maximum absolute atomic E-state index is 13.3. The summed E-state index contributed by atoms with van der Waals surface area (Å²) in [5, 5.41) is 28.8. The van der Waals surface area contributed by atoms with E-state index in [0.717, 1.165) is 5.56 Å². The summed E-state index contributed by atoms with van der Waals surface area (Å²) in [5.74, 6) is -3.79. The van der Waals surface area contributed by atoms with Gasteiger partial charge < -0.3 is 26.0 Å². The summed E-state index contributed by atoms with van der Waals surface area (Å²) < 4.78 is 1.29. The first kappa shape index (κ1) is 27.0. The van der Waals surface area contributed by atoms with Gasteiger partial charge in [-0.3, -0.25) is 14.4 Å². The van der Waals surface area contributed by atoms with Crippen LogP contribution in [0.15, 0.2) is 79.1 Å². The van der Waals surface area contributed by atoms with Crippen LogP contribution in [0.25, 0.3) is 16.6 Å². The van der Waals surface area contributed by atoms with E-state index in [0.29, 0.717) is 27.3 Å². The molecule has 206 valence electrons. The van der Waals surface area contributed by atoms with E-state index >= 15 is 0 Å². The van der Waals surface area contributed by atoms with Gasteiger partial charge in [0.15, 0.2) is 0 Å². The van der Waals surface area contributed by atoms with Crippen LogP contribution >= 0.6 is 11.6 Å². The molecule has 1 unspecified atom stereocenters. The zero-order valence-electron chi connectivity index (χ0n) is 21.0. The number of aromatic amines is 1. The minimum Gasteiger partial charge on any atom is -0.477 e. The van der Waals surface area contributed by atoms with Gasteiger partial charge >= 0.3 is 17.8 Å². The molecule has 0 bridgehead atoms. The average molecular weight is 573 g/mol. The number of benzene rings is 3. The highest BCUT2D eigenvalue weighted by molar-refractivity contribution is 6.40. The Morgan fingerprint density at radius 2 is 1.76 bits per heavy atom. The molecule has 1 atom stereocenters. The Kier molecular flexibility index (Phi) is 7.69. The lowest BCUT2D eigenvalue weighted by Gasteiger charge is -2.19. The lowest BCUT2D eigenvalue weighted by Crippen LogP contribution is -2.49. The summed E-state index contributed by atoms with van der Waals surface area (Å²) >= 11 is 6.09. The first-order chi connectivity index (χ1) is 19.8. The molecule has 3 amide bonds. The normalized spacial score (nSPS) is 11.5. The lowest BCUT2D eigenvalue weighted by atomic mass is 10.0. The van der Waals surface area contributed by atoms with Gasteiger partial charge in [0, 0.05) is 28.0 Å². The number of amides is 3. The number of rotatable bonds is 8. The molecule has 0 spiro atoms. The topological polar surface area (TPSA) is 184 Å². The molecule has 2 aromatic heterocycles. The molecule has 5 rings (SSSR count). The van der Waals surface area contributed by atoms with Crippen molar-refractivity contribution in [2.75, 3.05) is 10.6 Å². The smallest absolute Gasteiger partial charge is 0.352 e. The van der Waals surface area contributed by atoms with Crippen LogP contribution in [0.3, 0.4) is 0 Å². The fourth-order valence-electron chi connectivity index (χ4n) is 4.10. The number of carbonyl (C=O) groups excluding carboxylic acids is 3. The number of fused-ring (bicyclic) bond motifs is 1. The number of anilines is 2. The quantitative estimate of drug-likeness (QED) is 0.176. The van der Waals surface area contributed by atoms with Crippen LogP contribution in [0, 0.1) is 0 Å². The number of H-pyrrole nitrogens is 1. The second kappa shape index (κ2) is 11.7. The molecule has 5 aromatic rings. The molecule has 0 saturated carbocycles. The number of aromatic nitrogens is 5. The third kappa shape index (κ3) is 6.37. The molecular formula is C27H21ClN8O5. The van der Waals surface area contributed by atoms with Crippen molar-refractivity contribution in [1.29, 1.82) is 0 Å². The van der Waals surface area contributed by atoms with Gasteiger partial charge in [0.1, 0.15) is 18.1 Å². The van der Waals surface area contributed by atoms with Crippen LogP contribution in [-0.2, 0) is 20.8 Å². The zero-order chi connectivity index (χ0) is 28.9. The second-order valence-corrected chi connectivity index (χ2v) is 9.30. The maximum Gasteiger partial charge on any atom is 0.352 e. The van der Waals surface area contributed by atoms with Crippen molar-refractivity contribution in [2.45, 2.75) is 12.5 Å². The summed E-state index contributed by atoms with van der Waals surface area (Å²) in [6.07, 6.45) is 1.40. The van der Waals surface area contributed by atoms with Crippen molar-refractivity contribution in [3.8, 4) is 5.69 Å². The second-order valence-electron chi connectivity index (χ2n) is 8.87. The van der Waals surface area contributed by atoms with E-state index in [1.807, 2.05) is 6.07 Å². The van der Waals surface area contributed by atoms with E-state index in [1.54, 1.807) is 54.6 Å². The Bertz CT molecular complexity index is 1750. The van der Waals surface area contributed by atoms with Crippen LogP contribution in [0.4, 0.5) is 11.4 Å². The van der Waals surface area contributed by atoms with Crippen LogP contribution < -0.4 is 16.0 Å². The first-order valence-electron chi connectivity index (χ1n) is 12.1. The summed E-state index contributed by atoms with van der Waals surface area (Å²) in [4.78, 5) is 53.3. The molecular weight excluding hydrogens is 552 g/mol. The molecule has 0 fully saturated rings. The van der Waals surface area contributed by atoms with Crippen molar-refractivity contribution in [2.24, 2.45) is 0 Å². The molecule has 2 heterocycles. The van der Waals surface area contributed by atoms with Gasteiger partial charge in [-0.25, -0.2) is 4.79 Å². The predicted octanol–water partition coefficient (Wildman–Crippen LogP) is 2.80. The molecule has 0 aliphatic rings. The Hall–Kier alpha value is -5.56. The number of carbonyl (C=O) groups is 4. The lowest BCUT2D eigenvalue weighted by molar-refractivity contribution is -0.137. The van der Waals surface area contributed by atoms with Crippen molar-refractivity contribution < 1.29 is 24.3 Å². The van der Waals surface area contributed by atoms with Gasteiger partial charge in [0.2, 0.25) is 5.91 Å². The standard InChI is InChI=1S/C27H21ClN8O5/c28-17-6-9-23(36-14-29-34-35-36)20(13-17)32-25(38)26(39)33-21(10-15-4-2-1-3-5-15)24(37)30-18-7-8-19-16(11-18)12-22(31-19)27(40)41/h1-9,11-14,21,31H,10H2,(H,30,37)(H,32,38)(H,33,39)(H,40,41). The van der Waals surface area contributed by atoms with Crippen LogP contribution in [0.1, 0.15) is 16.1 Å². The molecule has 0 aliphatic carbocycles. The van der Waals surface area contributed by atoms with Crippen LogP contribution in [0.2, 0.25) is 5.02 Å². The third-order valence-electron chi connectivity index (χ3n) is 6.03. The Balaban J connectivity index is 1.34. The van der Waals surface area contributed by atoms with Crippen LogP contribution in [-0.4, -0.2) is 60.0 Å². The third-order valence-corrected chi connectivity index (χ3v) is 6.27. The maximum atomic E-state index is 13.3. The highest BCUT2D eigenvalue weighted by Gasteiger charge is 2.26. The first-order valence-corrected chi connectivity index (χ1v) is 12.5. The summed E-state index contributed by atoms with van der Waals surface area (Å²) in [5.41, 5.74) is 2.25. The number of carboxylic acids is 1. The Morgan fingerprint density at radius 3 is 2.49 bits per heavy atom. The number of nitrogens with one attached hydrogen (secondary N) is 4. The predicted molar refractivity (Wildman–Crippen MR) is 149 cm³/mol. The largest absolute Gasteiger partial charge is 0.477 e. The van der Waals surface area contributed by atoms with Gasteiger partial charge in [-0.15, -0.1) is 5.10 Å². The van der Waals surface area contributed by atoms with Crippen molar-refractivity contribution in [1.82, 2.24) is 30.5 Å². The van der Waals surface area contributed by atoms with E-state index < -0.39 is 29.7 Å². The van der Waals surface area contributed by atoms with Gasteiger partial charge in [0.05, 0.1) is 11.4 Å². The Morgan fingerprint density at radius 1 is 0.951 bits per heavy atom. The molecule has 41 heavy (non-hydrogen) atoms. The number of halogens is 1. The fourth-order valence-corrected chi connectivity index (χ4v) is 4.27. The van der Waals surface area contributed by atoms with Crippen molar-refractivity contribution >= 4 is 57.6 Å². The van der Waals surface area contributed by atoms with Crippen LogP contribution in [0.5, 0.6) is 0 Å². The molecule has 3 aromatic carbocycles. The SMILES string of the molecule is O=C(Nc1cc(Cl)ccc1-n1cnnn1)C(=O)NC(Cc1ccccc1)C(=O)Nc1ccc2[nH]c(C(=O)O)cc2c1. The summed E-state index contributed by atoms with van der Waals surface area (Å²) in [6, 6.07) is 18.7. The van der Waals surface area contributed by atoms with E-state index in [2.05, 4.69) is 36.5 Å². The zero-order valence-corrected chi connectivity index (χ0v) is 21.8. The van der Waals surface area contributed by atoms with Crippen molar-refractivity contribution in [3.63, 3.8) is 0 Å². The molecule has 0 radical (unpaired) electrons. The monoisotopic (exact) mass is 572 g/mol. The molecule has 0 saturated heterocycles. The van der Waals surface area contributed by atoms with Gasteiger partial charge in [-0.1, -0.05) is 41.9 Å². The molecule has 5 N–H and O–H groups in total.